The molecular weight excluding hydrogens is 266 g/mol. The van der Waals surface area contributed by atoms with Gasteiger partial charge in [0.25, 0.3) is 0 Å². The molecule has 20 heavy (non-hydrogen) atoms. The highest BCUT2D eigenvalue weighted by atomic mass is 32.2. The van der Waals surface area contributed by atoms with Crippen LogP contribution in [0.1, 0.15) is 28.4 Å². The molecule has 2 rings (SSSR count). The molecular formula is C17H15NOS. The van der Waals surface area contributed by atoms with E-state index in [9.17, 15) is 4.79 Å². The summed E-state index contributed by atoms with van der Waals surface area (Å²) in [4.78, 5) is 12.2. The van der Waals surface area contributed by atoms with Gasteiger partial charge in [-0.1, -0.05) is 48.5 Å². The van der Waals surface area contributed by atoms with E-state index in [1.165, 1.54) is 0 Å². The molecule has 0 fully saturated rings. The molecule has 2 aromatic rings. The van der Waals surface area contributed by atoms with E-state index in [-0.39, 0.29) is 11.0 Å². The molecule has 0 aliphatic rings. The quantitative estimate of drug-likeness (QED) is 0.776. The number of rotatable bonds is 5. The Labute approximate surface area is 123 Å². The van der Waals surface area contributed by atoms with Crippen LogP contribution in [0.2, 0.25) is 0 Å². The molecule has 0 saturated heterocycles. The lowest BCUT2D eigenvalue weighted by Gasteiger charge is -2.11. The molecule has 0 aromatic heterocycles. The van der Waals surface area contributed by atoms with Crippen molar-refractivity contribution in [2.75, 3.05) is 0 Å². The van der Waals surface area contributed by atoms with Gasteiger partial charge in [-0.15, -0.1) is 11.8 Å². The number of hydrogen-bond donors (Lipinski definition) is 0. The lowest BCUT2D eigenvalue weighted by atomic mass is 10.1. The topological polar surface area (TPSA) is 40.9 Å². The van der Waals surface area contributed by atoms with Crippen LogP contribution in [0.5, 0.6) is 0 Å². The van der Waals surface area contributed by atoms with E-state index in [1.54, 1.807) is 17.8 Å². The Hall–Kier alpha value is -2.05. The summed E-state index contributed by atoms with van der Waals surface area (Å²) in [6, 6.07) is 19.0. The Morgan fingerprint density at radius 1 is 1.15 bits per heavy atom. The maximum Gasteiger partial charge on any atom is 0.175 e. The van der Waals surface area contributed by atoms with Gasteiger partial charge in [-0.25, -0.2) is 0 Å². The minimum atomic E-state index is -0.121. The van der Waals surface area contributed by atoms with Gasteiger partial charge in [0.2, 0.25) is 0 Å². The first-order valence-electron chi connectivity index (χ1n) is 6.41. The summed E-state index contributed by atoms with van der Waals surface area (Å²) in [5.41, 5.74) is 2.40. The van der Waals surface area contributed by atoms with Crippen molar-refractivity contribution in [3.05, 3.63) is 71.3 Å². The number of thioether (sulfide) groups is 1. The van der Waals surface area contributed by atoms with Crippen LogP contribution in [0, 0.1) is 11.3 Å². The SMILES string of the molecule is CC(SCc1ccccc1C#N)C(=O)c1ccccc1. The maximum absolute atomic E-state index is 12.2. The lowest BCUT2D eigenvalue weighted by molar-refractivity contribution is 0.0994. The fourth-order valence-electron chi connectivity index (χ4n) is 1.88. The zero-order chi connectivity index (χ0) is 14.4. The second kappa shape index (κ2) is 6.93. The summed E-state index contributed by atoms with van der Waals surface area (Å²) in [6.07, 6.45) is 0. The van der Waals surface area contributed by atoms with Gasteiger partial charge in [-0.2, -0.15) is 5.26 Å². The normalized spacial score (nSPS) is 11.6. The zero-order valence-corrected chi connectivity index (χ0v) is 12.1. The van der Waals surface area contributed by atoms with E-state index in [2.05, 4.69) is 6.07 Å². The largest absolute Gasteiger partial charge is 0.293 e. The molecule has 100 valence electrons. The highest BCUT2D eigenvalue weighted by Crippen LogP contribution is 2.22. The van der Waals surface area contributed by atoms with Crippen molar-refractivity contribution in [3.63, 3.8) is 0 Å². The second-order valence-electron chi connectivity index (χ2n) is 4.45. The van der Waals surface area contributed by atoms with Crippen molar-refractivity contribution in [1.82, 2.24) is 0 Å². The molecule has 0 saturated carbocycles. The van der Waals surface area contributed by atoms with Crippen molar-refractivity contribution in [2.45, 2.75) is 17.9 Å². The fourth-order valence-corrected chi connectivity index (χ4v) is 2.85. The molecule has 0 heterocycles. The first kappa shape index (κ1) is 14.4. The van der Waals surface area contributed by atoms with E-state index < -0.39 is 0 Å². The van der Waals surface area contributed by atoms with Gasteiger partial charge in [0.05, 0.1) is 16.9 Å². The van der Waals surface area contributed by atoms with Gasteiger partial charge in [0.15, 0.2) is 5.78 Å². The highest BCUT2D eigenvalue weighted by Gasteiger charge is 2.15. The minimum Gasteiger partial charge on any atom is -0.293 e. The monoisotopic (exact) mass is 281 g/mol. The molecule has 0 amide bonds. The average Bonchev–Trinajstić information content (AvgIpc) is 2.53. The Kier molecular flexibility index (Phi) is 4.97. The number of nitrogens with zero attached hydrogens (tertiary/aromatic N) is 1. The number of ketones is 1. The molecule has 0 radical (unpaired) electrons. The van der Waals surface area contributed by atoms with Gasteiger partial charge in [-0.3, -0.25) is 4.79 Å². The van der Waals surface area contributed by atoms with Gasteiger partial charge in [0.1, 0.15) is 0 Å². The third-order valence-electron chi connectivity index (χ3n) is 3.05. The molecule has 0 spiro atoms. The fraction of sp³-hybridized carbons (Fsp3) is 0.176. The van der Waals surface area contributed by atoms with Crippen molar-refractivity contribution >= 4 is 17.5 Å². The Balaban J connectivity index is 2.01. The third kappa shape index (κ3) is 3.49. The molecule has 1 unspecified atom stereocenters. The highest BCUT2D eigenvalue weighted by molar-refractivity contribution is 7.99. The maximum atomic E-state index is 12.2. The molecule has 3 heteroatoms. The van der Waals surface area contributed by atoms with Crippen LogP contribution in [0.4, 0.5) is 0 Å². The zero-order valence-electron chi connectivity index (χ0n) is 11.2. The van der Waals surface area contributed by atoms with Crippen molar-refractivity contribution in [3.8, 4) is 6.07 Å². The summed E-state index contributed by atoms with van der Waals surface area (Å²) in [5, 5.41) is 8.92. The van der Waals surface area contributed by atoms with Crippen LogP contribution in [-0.2, 0) is 5.75 Å². The van der Waals surface area contributed by atoms with E-state index in [0.717, 1.165) is 11.1 Å². The molecule has 0 aliphatic heterocycles. The standard InChI is InChI=1S/C17H15NOS/c1-13(17(19)14-7-3-2-4-8-14)20-12-16-10-6-5-9-15(16)11-18/h2-10,13H,12H2,1H3. The van der Waals surface area contributed by atoms with Crippen molar-refractivity contribution in [2.24, 2.45) is 0 Å². The molecule has 0 aliphatic carbocycles. The molecule has 2 aromatic carbocycles. The summed E-state index contributed by atoms with van der Waals surface area (Å²) < 4.78 is 0. The number of carbonyl (C=O) groups excluding carboxylic acids is 1. The Morgan fingerprint density at radius 2 is 1.80 bits per heavy atom. The Morgan fingerprint density at radius 3 is 2.50 bits per heavy atom. The van der Waals surface area contributed by atoms with E-state index in [4.69, 9.17) is 5.26 Å². The lowest BCUT2D eigenvalue weighted by Crippen LogP contribution is -2.13. The van der Waals surface area contributed by atoms with Crippen LogP contribution in [-0.4, -0.2) is 11.0 Å². The summed E-state index contributed by atoms with van der Waals surface area (Å²) in [7, 11) is 0. The molecule has 1 atom stereocenters. The van der Waals surface area contributed by atoms with E-state index in [1.807, 2.05) is 55.5 Å². The van der Waals surface area contributed by atoms with Gasteiger partial charge in [0, 0.05) is 11.3 Å². The minimum absolute atomic E-state index is 0.121. The number of Topliss-reactive ketones (excluding diaryl/α,β-unsaturated/α-hetero) is 1. The summed E-state index contributed by atoms with van der Waals surface area (Å²) in [5.74, 6) is 0.800. The predicted octanol–water partition coefficient (Wildman–Crippen LogP) is 4.06. The van der Waals surface area contributed by atoms with E-state index in [0.29, 0.717) is 11.3 Å². The van der Waals surface area contributed by atoms with Crippen LogP contribution >= 0.6 is 11.8 Å². The first-order valence-corrected chi connectivity index (χ1v) is 7.46. The molecule has 2 nitrogen and oxygen atoms in total. The van der Waals surface area contributed by atoms with Gasteiger partial charge in [-0.05, 0) is 18.6 Å². The Bertz CT molecular complexity index is 631. The van der Waals surface area contributed by atoms with E-state index >= 15 is 0 Å². The smallest absolute Gasteiger partial charge is 0.175 e. The molecule has 0 N–H and O–H groups in total. The van der Waals surface area contributed by atoms with Gasteiger partial charge >= 0.3 is 0 Å². The second-order valence-corrected chi connectivity index (χ2v) is 5.78. The number of benzene rings is 2. The number of nitriles is 1. The summed E-state index contributed by atoms with van der Waals surface area (Å²) >= 11 is 1.56. The van der Waals surface area contributed by atoms with Crippen LogP contribution in [0.15, 0.2) is 54.6 Å². The third-order valence-corrected chi connectivity index (χ3v) is 4.25. The first-order chi connectivity index (χ1) is 9.72. The predicted molar refractivity (Wildman–Crippen MR) is 82.7 cm³/mol. The number of carbonyl (C=O) groups is 1. The van der Waals surface area contributed by atoms with Crippen molar-refractivity contribution in [1.29, 1.82) is 5.26 Å². The van der Waals surface area contributed by atoms with Gasteiger partial charge < -0.3 is 0 Å². The summed E-state index contributed by atoms with van der Waals surface area (Å²) in [6.45, 7) is 1.91. The van der Waals surface area contributed by atoms with Crippen LogP contribution in [0.25, 0.3) is 0 Å². The van der Waals surface area contributed by atoms with Crippen LogP contribution in [0.3, 0.4) is 0 Å². The number of hydrogen-bond acceptors (Lipinski definition) is 3. The van der Waals surface area contributed by atoms with Crippen LogP contribution < -0.4 is 0 Å². The molecule has 0 bridgehead atoms. The average molecular weight is 281 g/mol. The van der Waals surface area contributed by atoms with Crippen molar-refractivity contribution < 1.29 is 4.79 Å².